The second-order valence-electron chi connectivity index (χ2n) is 7.67. The summed E-state index contributed by atoms with van der Waals surface area (Å²) in [6.45, 7) is 0. The summed E-state index contributed by atoms with van der Waals surface area (Å²) in [5, 5.41) is 11.4. The summed E-state index contributed by atoms with van der Waals surface area (Å²) in [6.07, 6.45) is 0. The van der Waals surface area contributed by atoms with E-state index in [1.54, 1.807) is 16.1 Å². The summed E-state index contributed by atoms with van der Waals surface area (Å²) in [5.74, 6) is 0. The second kappa shape index (κ2) is 8.37. The van der Waals surface area contributed by atoms with E-state index in [1.165, 1.54) is 11.1 Å². The summed E-state index contributed by atoms with van der Waals surface area (Å²) in [6, 6.07) is 41.7. The molecule has 0 atom stereocenters. The normalized spacial score (nSPS) is 11.0. The highest BCUT2D eigenvalue weighted by Crippen LogP contribution is 2.40. The van der Waals surface area contributed by atoms with Crippen LogP contribution in [-0.4, -0.2) is 15.0 Å². The van der Waals surface area contributed by atoms with Crippen LogP contribution in [0.1, 0.15) is 0 Å². The minimum absolute atomic E-state index is 0.892. The monoisotopic (exact) mass is 444 g/mol. The van der Waals surface area contributed by atoms with Gasteiger partial charge in [-0.15, -0.1) is 15.0 Å². The molecule has 5 heteroatoms. The van der Waals surface area contributed by atoms with Crippen molar-refractivity contribution in [2.45, 2.75) is 0 Å². The van der Waals surface area contributed by atoms with E-state index in [0.29, 0.717) is 0 Å². The number of nitrogens with zero attached hydrogens (tertiary/aromatic N) is 4. The first-order valence-electron chi connectivity index (χ1n) is 10.8. The maximum absolute atomic E-state index is 4.64. The Bertz CT molecular complexity index is 1470. The van der Waals surface area contributed by atoms with Crippen molar-refractivity contribution in [1.29, 1.82) is 0 Å². The molecule has 0 radical (unpaired) electrons. The highest BCUT2D eigenvalue weighted by molar-refractivity contribution is 7.18. The van der Waals surface area contributed by atoms with Crippen molar-refractivity contribution in [1.82, 2.24) is 15.0 Å². The fourth-order valence-electron chi connectivity index (χ4n) is 3.92. The highest BCUT2D eigenvalue weighted by atomic mass is 32.1. The van der Waals surface area contributed by atoms with Crippen LogP contribution >= 0.6 is 11.3 Å². The van der Waals surface area contributed by atoms with Crippen molar-refractivity contribution in [3.8, 4) is 16.1 Å². The van der Waals surface area contributed by atoms with Crippen molar-refractivity contribution in [2.24, 2.45) is 0 Å². The molecule has 4 aromatic carbocycles. The molecule has 0 saturated carbocycles. The fraction of sp³-hybridized carbons (Fsp3) is 0. The third kappa shape index (κ3) is 3.79. The van der Waals surface area contributed by atoms with Gasteiger partial charge in [-0.2, -0.15) is 0 Å². The summed E-state index contributed by atoms with van der Waals surface area (Å²) >= 11 is 1.66. The summed E-state index contributed by atoms with van der Waals surface area (Å²) < 4.78 is 0. The molecular weight excluding hydrogens is 424 g/mol. The van der Waals surface area contributed by atoms with Gasteiger partial charge in [-0.05, 0) is 59.7 Å². The lowest BCUT2D eigenvalue weighted by atomic mass is 10.1. The van der Waals surface area contributed by atoms with Crippen LogP contribution in [0.5, 0.6) is 0 Å². The Morgan fingerprint density at radius 3 is 1.73 bits per heavy atom. The zero-order valence-corrected chi connectivity index (χ0v) is 18.6. The number of rotatable bonds is 5. The van der Waals surface area contributed by atoms with Gasteiger partial charge in [0, 0.05) is 11.4 Å². The predicted octanol–water partition coefficient (Wildman–Crippen LogP) is 7.62. The van der Waals surface area contributed by atoms with Gasteiger partial charge in [0.05, 0.1) is 0 Å². The number of anilines is 3. The molecule has 0 aliphatic rings. The van der Waals surface area contributed by atoms with Gasteiger partial charge >= 0.3 is 0 Å². The SMILES string of the molecule is c1ccc(-c2ccc(N(c3ccccc3)c3ccc(-n4nc5ccccc5n4)s3)cc2)cc1. The van der Waals surface area contributed by atoms with E-state index in [1.807, 2.05) is 36.4 Å². The van der Waals surface area contributed by atoms with Crippen LogP contribution in [0.4, 0.5) is 16.4 Å². The van der Waals surface area contributed by atoms with Gasteiger partial charge in [-0.1, -0.05) is 84.1 Å². The molecule has 6 aromatic rings. The largest absolute Gasteiger partial charge is 0.302 e. The van der Waals surface area contributed by atoms with Crippen LogP contribution in [0.25, 0.3) is 27.2 Å². The Morgan fingerprint density at radius 2 is 1.06 bits per heavy atom. The molecule has 0 aliphatic heterocycles. The van der Waals surface area contributed by atoms with Gasteiger partial charge in [0.2, 0.25) is 0 Å². The van der Waals surface area contributed by atoms with Gasteiger partial charge in [-0.25, -0.2) is 0 Å². The maximum Gasteiger partial charge on any atom is 0.140 e. The van der Waals surface area contributed by atoms with Gasteiger partial charge in [0.1, 0.15) is 21.0 Å². The topological polar surface area (TPSA) is 34.0 Å². The number of hydrogen-bond acceptors (Lipinski definition) is 4. The lowest BCUT2D eigenvalue weighted by Crippen LogP contribution is -2.08. The first kappa shape index (κ1) is 19.5. The molecule has 0 N–H and O–H groups in total. The van der Waals surface area contributed by atoms with Crippen LogP contribution in [0.15, 0.2) is 121 Å². The highest BCUT2D eigenvalue weighted by Gasteiger charge is 2.16. The Labute approximate surface area is 196 Å². The molecule has 6 rings (SSSR count). The second-order valence-corrected chi connectivity index (χ2v) is 8.71. The average Bonchev–Trinajstić information content (AvgIpc) is 3.53. The lowest BCUT2D eigenvalue weighted by molar-refractivity contribution is 0.779. The Morgan fingerprint density at radius 1 is 0.515 bits per heavy atom. The number of para-hydroxylation sites is 1. The van der Waals surface area contributed by atoms with Crippen molar-refractivity contribution >= 4 is 38.7 Å². The number of benzene rings is 4. The molecule has 0 unspecified atom stereocenters. The zero-order valence-electron chi connectivity index (χ0n) is 17.7. The van der Waals surface area contributed by atoms with Crippen LogP contribution in [-0.2, 0) is 0 Å². The minimum atomic E-state index is 0.892. The smallest absolute Gasteiger partial charge is 0.140 e. The molecule has 33 heavy (non-hydrogen) atoms. The van der Waals surface area contributed by atoms with Gasteiger partial charge in [-0.3, -0.25) is 0 Å². The van der Waals surface area contributed by atoms with Crippen molar-refractivity contribution < 1.29 is 0 Å². The number of fused-ring (bicyclic) bond motifs is 1. The molecular formula is C28H20N4S. The first-order chi connectivity index (χ1) is 16.3. The van der Waals surface area contributed by atoms with Crippen LogP contribution in [0.2, 0.25) is 0 Å². The van der Waals surface area contributed by atoms with E-state index in [4.69, 9.17) is 0 Å². The van der Waals surface area contributed by atoms with Crippen molar-refractivity contribution in [2.75, 3.05) is 4.90 Å². The van der Waals surface area contributed by atoms with E-state index < -0.39 is 0 Å². The number of aromatic nitrogens is 3. The molecule has 158 valence electrons. The Hall–Kier alpha value is -4.22. The fourth-order valence-corrected chi connectivity index (χ4v) is 4.87. The third-order valence-electron chi connectivity index (χ3n) is 5.53. The van der Waals surface area contributed by atoms with Crippen LogP contribution in [0.3, 0.4) is 0 Å². The molecule has 0 saturated heterocycles. The quantitative estimate of drug-likeness (QED) is 0.274. The van der Waals surface area contributed by atoms with E-state index in [-0.39, 0.29) is 0 Å². The average molecular weight is 445 g/mol. The first-order valence-corrected chi connectivity index (χ1v) is 11.6. The Kier molecular flexibility index (Phi) is 4.94. The van der Waals surface area contributed by atoms with Gasteiger partial charge in [0.15, 0.2) is 0 Å². The van der Waals surface area contributed by atoms with Crippen molar-refractivity contribution in [3.05, 3.63) is 121 Å². The third-order valence-corrected chi connectivity index (χ3v) is 6.57. The van der Waals surface area contributed by atoms with E-state index in [0.717, 1.165) is 32.4 Å². The predicted molar refractivity (Wildman–Crippen MR) is 137 cm³/mol. The Balaban J connectivity index is 1.40. The van der Waals surface area contributed by atoms with Crippen LogP contribution < -0.4 is 4.90 Å². The molecule has 2 aromatic heterocycles. The molecule has 4 nitrogen and oxygen atoms in total. The van der Waals surface area contributed by atoms with Crippen molar-refractivity contribution in [3.63, 3.8) is 0 Å². The van der Waals surface area contributed by atoms with E-state index in [9.17, 15) is 0 Å². The maximum atomic E-state index is 4.64. The summed E-state index contributed by atoms with van der Waals surface area (Å²) in [7, 11) is 0. The number of hydrogen-bond donors (Lipinski definition) is 0. The lowest BCUT2D eigenvalue weighted by Gasteiger charge is -2.23. The molecule has 0 bridgehead atoms. The standard InChI is InChI=1S/C28H20N4S/c1-3-9-21(10-4-1)22-15-17-24(18-16-22)31(23-11-5-2-6-12-23)27-19-20-28(33-27)32-29-25-13-7-8-14-26(25)30-32/h1-20H. The van der Waals surface area contributed by atoms with E-state index in [2.05, 4.69) is 100 Å². The molecule has 0 fully saturated rings. The van der Waals surface area contributed by atoms with Crippen LogP contribution in [0, 0.1) is 0 Å². The molecule has 0 amide bonds. The zero-order chi connectivity index (χ0) is 22.0. The summed E-state index contributed by atoms with van der Waals surface area (Å²) in [4.78, 5) is 3.99. The summed E-state index contributed by atoms with van der Waals surface area (Å²) in [5.41, 5.74) is 6.41. The molecule has 2 heterocycles. The molecule has 0 spiro atoms. The van der Waals surface area contributed by atoms with E-state index >= 15 is 0 Å². The van der Waals surface area contributed by atoms with Gasteiger partial charge in [0.25, 0.3) is 0 Å². The minimum Gasteiger partial charge on any atom is -0.302 e. The van der Waals surface area contributed by atoms with Gasteiger partial charge < -0.3 is 4.90 Å². The molecule has 0 aliphatic carbocycles. The number of thiophene rings is 1.